The monoisotopic (exact) mass is 399 g/mol. The molecular formula is C21H20F3N5. The van der Waals surface area contributed by atoms with Crippen LogP contribution in [0.5, 0.6) is 0 Å². The van der Waals surface area contributed by atoms with Crippen molar-refractivity contribution in [1.29, 1.82) is 0 Å². The summed E-state index contributed by atoms with van der Waals surface area (Å²) in [6, 6.07) is 10.5. The van der Waals surface area contributed by atoms with Crippen LogP contribution in [-0.2, 0) is 6.18 Å². The molecule has 4 rings (SSSR count). The maximum absolute atomic E-state index is 13.0. The molecule has 1 atom stereocenters. The minimum absolute atomic E-state index is 0.160. The van der Waals surface area contributed by atoms with Gasteiger partial charge in [0.2, 0.25) is 0 Å². The lowest BCUT2D eigenvalue weighted by Crippen LogP contribution is -2.29. The Morgan fingerprint density at radius 3 is 2.59 bits per heavy atom. The summed E-state index contributed by atoms with van der Waals surface area (Å²) in [6.45, 7) is 1.75. The van der Waals surface area contributed by atoms with Gasteiger partial charge in [0, 0.05) is 42.2 Å². The topological polar surface area (TPSA) is 62.7 Å². The highest BCUT2D eigenvalue weighted by atomic mass is 19.4. The zero-order valence-corrected chi connectivity index (χ0v) is 15.6. The summed E-state index contributed by atoms with van der Waals surface area (Å²) in [6.07, 6.45) is 0.961. The fourth-order valence-corrected chi connectivity index (χ4v) is 3.38. The van der Waals surface area contributed by atoms with E-state index in [0.29, 0.717) is 23.0 Å². The van der Waals surface area contributed by atoms with E-state index in [1.54, 1.807) is 24.5 Å². The molecule has 1 aliphatic rings. The molecule has 1 aliphatic heterocycles. The number of aromatic nitrogens is 3. The van der Waals surface area contributed by atoms with E-state index in [2.05, 4.69) is 20.6 Å². The molecule has 0 bridgehead atoms. The second-order valence-electron chi connectivity index (χ2n) is 6.98. The number of piperidine rings is 1. The fourth-order valence-electron chi connectivity index (χ4n) is 3.38. The molecule has 0 saturated carbocycles. The van der Waals surface area contributed by atoms with Crippen molar-refractivity contribution in [3.8, 4) is 11.3 Å². The lowest BCUT2D eigenvalue weighted by molar-refractivity contribution is -0.137. The average Bonchev–Trinajstić information content (AvgIpc) is 2.74. The van der Waals surface area contributed by atoms with E-state index < -0.39 is 11.7 Å². The summed E-state index contributed by atoms with van der Waals surface area (Å²) in [7, 11) is 0. The van der Waals surface area contributed by atoms with Crippen LogP contribution in [0.4, 0.5) is 24.7 Å². The smallest absolute Gasteiger partial charge is 0.340 e. The molecule has 3 aromatic rings. The highest BCUT2D eigenvalue weighted by Crippen LogP contribution is 2.32. The molecule has 29 heavy (non-hydrogen) atoms. The molecule has 0 aliphatic carbocycles. The fraction of sp³-hybridized carbons (Fsp3) is 0.286. The number of pyridine rings is 1. The van der Waals surface area contributed by atoms with Gasteiger partial charge in [-0.05, 0) is 49.7 Å². The van der Waals surface area contributed by atoms with E-state index in [1.807, 2.05) is 12.1 Å². The number of rotatable bonds is 4. The van der Waals surface area contributed by atoms with Gasteiger partial charge >= 0.3 is 6.18 Å². The first kappa shape index (κ1) is 19.3. The SMILES string of the molecule is FC(F)(F)c1cccc(Nc2cc(-c3ccncc3)nc([C@H]3CCCNC3)n2)c1. The first-order chi connectivity index (χ1) is 14.0. The molecule has 0 unspecified atom stereocenters. The maximum atomic E-state index is 13.0. The number of nitrogens with zero attached hydrogens (tertiary/aromatic N) is 3. The zero-order chi connectivity index (χ0) is 20.3. The standard InChI is InChI=1S/C21H20F3N5/c22-21(23,24)16-4-1-5-17(11-16)27-19-12-18(14-6-9-25-10-7-14)28-20(29-19)15-3-2-8-26-13-15/h1,4-7,9-12,15,26H,2-3,8,13H2,(H,27,28,29)/t15-/m0/s1. The second kappa shape index (κ2) is 8.16. The van der Waals surface area contributed by atoms with Crippen molar-refractivity contribution in [3.63, 3.8) is 0 Å². The Hall–Kier alpha value is -3.00. The van der Waals surface area contributed by atoms with Gasteiger partial charge in [-0.3, -0.25) is 4.98 Å². The van der Waals surface area contributed by atoms with E-state index in [9.17, 15) is 13.2 Å². The number of halogens is 3. The van der Waals surface area contributed by atoms with Crippen molar-refractivity contribution in [2.45, 2.75) is 24.9 Å². The minimum atomic E-state index is -4.40. The second-order valence-corrected chi connectivity index (χ2v) is 6.98. The van der Waals surface area contributed by atoms with Gasteiger partial charge in [0.25, 0.3) is 0 Å². The maximum Gasteiger partial charge on any atom is 0.416 e. The van der Waals surface area contributed by atoms with Crippen LogP contribution in [0.15, 0.2) is 54.9 Å². The van der Waals surface area contributed by atoms with Gasteiger partial charge in [0.05, 0.1) is 11.3 Å². The molecule has 150 valence electrons. The van der Waals surface area contributed by atoms with E-state index in [-0.39, 0.29) is 5.92 Å². The Morgan fingerprint density at radius 1 is 1.03 bits per heavy atom. The molecule has 1 fully saturated rings. The highest BCUT2D eigenvalue weighted by Gasteiger charge is 2.30. The Balaban J connectivity index is 1.70. The Morgan fingerprint density at radius 2 is 1.86 bits per heavy atom. The Bertz CT molecular complexity index is 970. The van der Waals surface area contributed by atoms with Crippen LogP contribution in [0, 0.1) is 0 Å². The van der Waals surface area contributed by atoms with Crippen LogP contribution < -0.4 is 10.6 Å². The zero-order valence-electron chi connectivity index (χ0n) is 15.6. The quantitative estimate of drug-likeness (QED) is 0.662. The summed E-state index contributed by atoms with van der Waals surface area (Å²) < 4.78 is 39.1. The first-order valence-corrected chi connectivity index (χ1v) is 9.43. The number of hydrogen-bond acceptors (Lipinski definition) is 5. The van der Waals surface area contributed by atoms with Gasteiger partial charge in [0.1, 0.15) is 11.6 Å². The molecule has 0 radical (unpaired) electrons. The lowest BCUT2D eigenvalue weighted by Gasteiger charge is -2.22. The number of alkyl halides is 3. The van der Waals surface area contributed by atoms with Crippen LogP contribution in [0.3, 0.4) is 0 Å². The molecule has 0 amide bonds. The van der Waals surface area contributed by atoms with Gasteiger partial charge in [-0.2, -0.15) is 13.2 Å². The van der Waals surface area contributed by atoms with Crippen molar-refractivity contribution in [1.82, 2.24) is 20.3 Å². The van der Waals surface area contributed by atoms with Gasteiger partial charge in [0.15, 0.2) is 0 Å². The highest BCUT2D eigenvalue weighted by molar-refractivity contribution is 5.65. The predicted molar refractivity (Wildman–Crippen MR) is 105 cm³/mol. The van der Waals surface area contributed by atoms with Crippen molar-refractivity contribution in [3.05, 3.63) is 66.2 Å². The lowest BCUT2D eigenvalue weighted by atomic mass is 9.98. The third-order valence-electron chi connectivity index (χ3n) is 4.84. The molecule has 3 heterocycles. The molecule has 5 nitrogen and oxygen atoms in total. The normalized spacial score (nSPS) is 17.1. The van der Waals surface area contributed by atoms with Gasteiger partial charge < -0.3 is 10.6 Å². The van der Waals surface area contributed by atoms with Crippen LogP contribution in [-0.4, -0.2) is 28.0 Å². The van der Waals surface area contributed by atoms with Crippen LogP contribution in [0.1, 0.15) is 30.1 Å². The summed E-state index contributed by atoms with van der Waals surface area (Å²) in [4.78, 5) is 13.4. The van der Waals surface area contributed by atoms with E-state index in [1.165, 1.54) is 6.07 Å². The molecular weight excluding hydrogens is 379 g/mol. The number of benzene rings is 1. The number of nitrogens with one attached hydrogen (secondary N) is 2. The average molecular weight is 399 g/mol. The van der Waals surface area contributed by atoms with Crippen molar-refractivity contribution < 1.29 is 13.2 Å². The molecule has 2 aromatic heterocycles. The van der Waals surface area contributed by atoms with E-state index in [4.69, 9.17) is 4.98 Å². The van der Waals surface area contributed by atoms with Crippen LogP contribution in [0.2, 0.25) is 0 Å². The van der Waals surface area contributed by atoms with Crippen LogP contribution in [0.25, 0.3) is 11.3 Å². The molecule has 2 N–H and O–H groups in total. The Labute approximate surface area is 166 Å². The summed E-state index contributed by atoms with van der Waals surface area (Å²) in [5.41, 5.74) is 1.20. The summed E-state index contributed by atoms with van der Waals surface area (Å²) in [5, 5.41) is 6.37. The molecule has 1 saturated heterocycles. The van der Waals surface area contributed by atoms with Gasteiger partial charge in [-0.15, -0.1) is 0 Å². The van der Waals surface area contributed by atoms with Crippen molar-refractivity contribution in [2.24, 2.45) is 0 Å². The molecule has 0 spiro atoms. The van der Waals surface area contributed by atoms with Crippen LogP contribution >= 0.6 is 0 Å². The predicted octanol–water partition coefficient (Wildman–Crippen LogP) is 4.77. The summed E-state index contributed by atoms with van der Waals surface area (Å²) in [5.74, 6) is 1.31. The first-order valence-electron chi connectivity index (χ1n) is 9.43. The Kier molecular flexibility index (Phi) is 5.44. The molecule has 8 heteroatoms. The van der Waals surface area contributed by atoms with E-state index in [0.717, 1.165) is 43.6 Å². The van der Waals surface area contributed by atoms with Gasteiger partial charge in [-0.1, -0.05) is 6.07 Å². The minimum Gasteiger partial charge on any atom is -0.340 e. The van der Waals surface area contributed by atoms with Crippen molar-refractivity contribution >= 4 is 11.5 Å². The number of hydrogen-bond donors (Lipinski definition) is 2. The van der Waals surface area contributed by atoms with Crippen molar-refractivity contribution in [2.75, 3.05) is 18.4 Å². The number of anilines is 2. The summed E-state index contributed by atoms with van der Waals surface area (Å²) >= 11 is 0. The molecule has 1 aromatic carbocycles. The van der Waals surface area contributed by atoms with E-state index >= 15 is 0 Å². The van der Waals surface area contributed by atoms with Gasteiger partial charge in [-0.25, -0.2) is 9.97 Å². The largest absolute Gasteiger partial charge is 0.416 e. The third kappa shape index (κ3) is 4.71. The third-order valence-corrected chi connectivity index (χ3v) is 4.84.